The molecule has 3 N–H and O–H groups in total. The molecule has 2 amide bonds. The minimum absolute atomic E-state index is 0.0304. The van der Waals surface area contributed by atoms with Gasteiger partial charge < -0.3 is 25.4 Å². The highest BCUT2D eigenvalue weighted by Gasteiger charge is 2.33. The second-order valence-corrected chi connectivity index (χ2v) is 8.31. The van der Waals surface area contributed by atoms with Gasteiger partial charge in [-0.15, -0.1) is 21.5 Å². The summed E-state index contributed by atoms with van der Waals surface area (Å²) >= 11 is 7.70. The minimum Gasteiger partial charge on any atom is -0.490 e. The Kier molecular flexibility index (Phi) is 6.21. The van der Waals surface area contributed by atoms with Crippen LogP contribution < -0.4 is 15.8 Å². The number of fused-ring (bicyclic) bond motifs is 1. The highest BCUT2D eigenvalue weighted by atomic mass is 35.5. The van der Waals surface area contributed by atoms with Crippen LogP contribution in [0, 0.1) is 0 Å². The Morgan fingerprint density at radius 1 is 1.29 bits per heavy atom. The van der Waals surface area contributed by atoms with Gasteiger partial charge in [0, 0.05) is 36.2 Å². The number of likely N-dealkylation sites (tertiary alicyclic amines) is 1. The van der Waals surface area contributed by atoms with Crippen LogP contribution in [-0.2, 0) is 14.3 Å². The average molecular weight is 462 g/mol. The summed E-state index contributed by atoms with van der Waals surface area (Å²) < 4.78 is 11.8. The van der Waals surface area contributed by atoms with Gasteiger partial charge in [-0.25, -0.2) is 0 Å². The molecule has 1 aliphatic rings. The molecule has 0 unspecified atom stereocenters. The molecule has 4 rings (SSSR count). The summed E-state index contributed by atoms with van der Waals surface area (Å²) in [5.74, 6) is -0.397. The van der Waals surface area contributed by atoms with Gasteiger partial charge in [-0.3, -0.25) is 9.59 Å². The molecular formula is C20H20ClN5O4S. The van der Waals surface area contributed by atoms with Crippen molar-refractivity contribution in [2.45, 2.75) is 6.04 Å². The van der Waals surface area contributed by atoms with Crippen molar-refractivity contribution in [2.24, 2.45) is 5.73 Å². The number of hydrogen-bond acceptors (Lipinski definition) is 8. The van der Waals surface area contributed by atoms with Crippen LogP contribution >= 0.6 is 22.9 Å². The lowest BCUT2D eigenvalue weighted by Crippen LogP contribution is -2.59. The lowest BCUT2D eigenvalue weighted by atomic mass is 10.1. The molecule has 3 heterocycles. The molecular weight excluding hydrogens is 442 g/mol. The number of nitrogens with one attached hydrogen (secondary N) is 1. The van der Waals surface area contributed by atoms with E-state index in [9.17, 15) is 9.59 Å². The van der Waals surface area contributed by atoms with Gasteiger partial charge in [0.15, 0.2) is 5.82 Å². The number of primary amides is 1. The predicted molar refractivity (Wildman–Crippen MR) is 118 cm³/mol. The number of methoxy groups -OCH3 is 1. The maximum Gasteiger partial charge on any atom is 0.311 e. The van der Waals surface area contributed by atoms with Crippen molar-refractivity contribution in [2.75, 3.05) is 38.7 Å². The third-order valence-electron chi connectivity index (χ3n) is 4.85. The molecule has 1 fully saturated rings. The van der Waals surface area contributed by atoms with E-state index < -0.39 is 11.8 Å². The second kappa shape index (κ2) is 9.04. The van der Waals surface area contributed by atoms with Crippen molar-refractivity contribution in [3.05, 3.63) is 34.7 Å². The topological polar surface area (TPSA) is 120 Å². The number of carbonyl (C=O) groups excluding carboxylic acids is 2. The maximum absolute atomic E-state index is 11.6. The Morgan fingerprint density at radius 3 is 2.84 bits per heavy atom. The fraction of sp³-hybridized carbons (Fsp3) is 0.300. The van der Waals surface area contributed by atoms with E-state index in [-0.39, 0.29) is 6.04 Å². The Balaban J connectivity index is 1.58. The number of thiophene rings is 1. The summed E-state index contributed by atoms with van der Waals surface area (Å²) in [6, 6.07) is 7.34. The van der Waals surface area contributed by atoms with Crippen LogP contribution in [0.15, 0.2) is 29.6 Å². The molecule has 2 aromatic heterocycles. The zero-order valence-corrected chi connectivity index (χ0v) is 18.2. The van der Waals surface area contributed by atoms with E-state index >= 15 is 0 Å². The molecule has 0 bridgehead atoms. The number of carbonyl (C=O) groups is 2. The van der Waals surface area contributed by atoms with Crippen molar-refractivity contribution in [3.63, 3.8) is 0 Å². The number of nitrogens with zero attached hydrogens (tertiary/aromatic N) is 3. The van der Waals surface area contributed by atoms with Crippen LogP contribution in [0.1, 0.15) is 0 Å². The summed E-state index contributed by atoms with van der Waals surface area (Å²) in [6.45, 7) is 1.59. The first-order valence-electron chi connectivity index (χ1n) is 9.48. The van der Waals surface area contributed by atoms with E-state index in [2.05, 4.69) is 15.5 Å². The lowest BCUT2D eigenvalue weighted by molar-refractivity contribution is -0.146. The van der Waals surface area contributed by atoms with Gasteiger partial charge in [0.05, 0.1) is 17.3 Å². The van der Waals surface area contributed by atoms with Crippen LogP contribution in [0.5, 0.6) is 5.75 Å². The van der Waals surface area contributed by atoms with Gasteiger partial charge in [-0.05, 0) is 29.6 Å². The molecule has 0 radical (unpaired) electrons. The molecule has 0 spiro atoms. The zero-order chi connectivity index (χ0) is 22.0. The third-order valence-corrected chi connectivity index (χ3v) is 6.01. The van der Waals surface area contributed by atoms with E-state index in [4.69, 9.17) is 26.8 Å². The van der Waals surface area contributed by atoms with Gasteiger partial charge in [0.25, 0.3) is 0 Å². The molecule has 162 valence electrons. The molecule has 0 aliphatic carbocycles. The summed E-state index contributed by atoms with van der Waals surface area (Å²) in [7, 11) is 1.61. The molecule has 1 aliphatic heterocycles. The first kappa shape index (κ1) is 21.3. The summed E-state index contributed by atoms with van der Waals surface area (Å²) in [5, 5.41) is 15.6. The van der Waals surface area contributed by atoms with Gasteiger partial charge in [-0.2, -0.15) is 0 Å². The minimum atomic E-state index is -0.949. The summed E-state index contributed by atoms with van der Waals surface area (Å²) in [4.78, 5) is 24.0. The number of rotatable bonds is 7. The molecule has 0 saturated carbocycles. The van der Waals surface area contributed by atoms with Crippen molar-refractivity contribution in [1.82, 2.24) is 15.1 Å². The van der Waals surface area contributed by atoms with Gasteiger partial charge in [-0.1, -0.05) is 11.6 Å². The van der Waals surface area contributed by atoms with E-state index in [0.717, 1.165) is 15.6 Å². The molecule has 3 aromatic rings. The molecule has 31 heavy (non-hydrogen) atoms. The fourth-order valence-electron chi connectivity index (χ4n) is 3.30. The van der Waals surface area contributed by atoms with Crippen molar-refractivity contribution in [3.8, 4) is 17.0 Å². The SMILES string of the molecule is COCCOc1cc(Cl)ccc1-c1nnc(NC2CN(C(=O)C(N)=O)C2)c2sccc12. The van der Waals surface area contributed by atoms with Gasteiger partial charge in [0.1, 0.15) is 18.1 Å². The molecule has 1 saturated heterocycles. The van der Waals surface area contributed by atoms with Crippen molar-refractivity contribution >= 4 is 50.7 Å². The Labute approximate surface area is 187 Å². The van der Waals surface area contributed by atoms with Gasteiger partial charge in [0.2, 0.25) is 0 Å². The van der Waals surface area contributed by atoms with Crippen molar-refractivity contribution < 1.29 is 19.1 Å². The third kappa shape index (κ3) is 4.41. The number of benzene rings is 1. The van der Waals surface area contributed by atoms with Crippen molar-refractivity contribution in [1.29, 1.82) is 0 Å². The van der Waals surface area contributed by atoms with Crippen LogP contribution in [0.3, 0.4) is 0 Å². The maximum atomic E-state index is 11.6. The van der Waals surface area contributed by atoms with Crippen LogP contribution in [0.4, 0.5) is 5.82 Å². The Morgan fingerprint density at radius 2 is 2.10 bits per heavy atom. The van der Waals surface area contributed by atoms with Crippen LogP contribution in [-0.4, -0.2) is 66.4 Å². The number of amides is 2. The molecule has 0 atom stereocenters. The molecule has 1 aromatic carbocycles. The highest BCUT2D eigenvalue weighted by Crippen LogP contribution is 2.38. The Hall–Kier alpha value is -2.95. The van der Waals surface area contributed by atoms with E-state index in [1.54, 1.807) is 19.2 Å². The highest BCUT2D eigenvalue weighted by molar-refractivity contribution is 7.17. The van der Waals surface area contributed by atoms with Crippen LogP contribution in [0.2, 0.25) is 5.02 Å². The standard InChI is InChI=1S/C20H20ClN5O4S/c1-29-5-6-30-15-8-11(21)2-3-13(15)16-14-4-7-31-17(14)19(25-24-16)23-12-9-26(10-12)20(28)18(22)27/h2-4,7-8,12H,5-6,9-10H2,1H3,(H2,22,27)(H,23,25). The number of ether oxygens (including phenoxy) is 2. The van der Waals surface area contributed by atoms with E-state index in [1.165, 1.54) is 16.2 Å². The average Bonchev–Trinajstić information content (AvgIpc) is 3.21. The number of aromatic nitrogens is 2. The monoisotopic (exact) mass is 461 g/mol. The lowest BCUT2D eigenvalue weighted by Gasteiger charge is -2.38. The largest absolute Gasteiger partial charge is 0.490 e. The number of nitrogens with two attached hydrogens (primary N) is 1. The van der Waals surface area contributed by atoms with Crippen LogP contribution in [0.25, 0.3) is 21.3 Å². The first-order valence-corrected chi connectivity index (χ1v) is 10.7. The summed E-state index contributed by atoms with van der Waals surface area (Å²) in [5.41, 5.74) is 6.51. The quantitative estimate of drug-likeness (QED) is 0.408. The van der Waals surface area contributed by atoms with E-state index in [1.807, 2.05) is 17.5 Å². The Bertz CT molecular complexity index is 1130. The van der Waals surface area contributed by atoms with E-state index in [0.29, 0.717) is 48.6 Å². The normalized spacial score (nSPS) is 13.8. The summed E-state index contributed by atoms with van der Waals surface area (Å²) in [6.07, 6.45) is 0. The molecule has 11 heteroatoms. The number of anilines is 1. The van der Waals surface area contributed by atoms with Gasteiger partial charge >= 0.3 is 11.8 Å². The number of hydrogen-bond donors (Lipinski definition) is 2. The molecule has 9 nitrogen and oxygen atoms in total. The number of halogens is 1. The zero-order valence-electron chi connectivity index (χ0n) is 16.6. The predicted octanol–water partition coefficient (Wildman–Crippen LogP) is 2.14. The smallest absolute Gasteiger partial charge is 0.311 e. The second-order valence-electron chi connectivity index (χ2n) is 6.96. The fourth-order valence-corrected chi connectivity index (χ4v) is 4.31. The first-order chi connectivity index (χ1) is 15.0.